The molecular formula is C46H58F2N12O6. The van der Waals surface area contributed by atoms with E-state index < -0.39 is 24.6 Å². The number of nitrogens with zero attached hydrogens (tertiary/aromatic N) is 10. The Bertz CT molecular complexity index is 2690. The number of halogens is 2. The lowest BCUT2D eigenvalue weighted by molar-refractivity contribution is -0.135. The first-order valence-corrected chi connectivity index (χ1v) is 23.5. The van der Waals surface area contributed by atoms with Crippen molar-refractivity contribution in [1.82, 2.24) is 48.6 Å². The number of aliphatic hydroxyl groups excluding tert-OH is 1. The molecule has 352 valence electrons. The maximum absolute atomic E-state index is 14.4. The third-order valence-electron chi connectivity index (χ3n) is 15.6. The highest BCUT2D eigenvalue weighted by Crippen LogP contribution is 2.49. The third kappa shape index (κ3) is 7.77. The summed E-state index contributed by atoms with van der Waals surface area (Å²) >= 11 is 0. The van der Waals surface area contributed by atoms with Crippen LogP contribution in [0, 0.1) is 5.92 Å². The van der Waals surface area contributed by atoms with Gasteiger partial charge in [-0.25, -0.2) is 23.1 Å². The smallest absolute Gasteiger partial charge is 0.329 e. The van der Waals surface area contributed by atoms with Crippen LogP contribution in [0.2, 0.25) is 0 Å². The van der Waals surface area contributed by atoms with Crippen LogP contribution in [0.3, 0.4) is 0 Å². The van der Waals surface area contributed by atoms with E-state index in [0.717, 1.165) is 108 Å². The van der Waals surface area contributed by atoms with Crippen molar-refractivity contribution in [2.75, 3.05) is 69.7 Å². The first kappa shape index (κ1) is 43.3. The Balaban J connectivity index is 0.668. The molecule has 2 saturated carbocycles. The van der Waals surface area contributed by atoms with Gasteiger partial charge in [-0.3, -0.25) is 33.6 Å². The second-order valence-corrected chi connectivity index (χ2v) is 19.5. The third-order valence-corrected chi connectivity index (χ3v) is 15.6. The van der Waals surface area contributed by atoms with Gasteiger partial charge >= 0.3 is 5.69 Å². The number of imide groups is 1. The number of rotatable bonds is 13. The van der Waals surface area contributed by atoms with Crippen LogP contribution in [0.15, 0.2) is 47.7 Å². The number of alkyl halides is 2. The van der Waals surface area contributed by atoms with Gasteiger partial charge in [0.05, 0.1) is 58.9 Å². The lowest BCUT2D eigenvalue weighted by Crippen LogP contribution is -2.57. The minimum Gasteiger partial charge on any atom is -0.377 e. The number of imidazole rings is 1. The molecule has 4 aliphatic heterocycles. The Hall–Kier alpha value is -5.28. The standard InChI is InChI=1S/C46H58F2N12O6/c1-54-40-32(4-3-5-35(40)60(45(54)64)36-10-11-38(61)52-44(36)63)28-19-46(20-28,65-2)26-56-16-14-55(15-17-56)22-27-6-8-29(9-7-27)59-24-34(39(53-59)41(47)48)50-43(62)33-21-49-58-13-12-37(51-42(33)58)57-23-31-18-30(57)25-66-31/h3-5,12-13,21,24,27-31,36,41,43,50,62H,6-11,14-20,22-23,25-26H2,1-2H3,(H,52,61,63). The predicted octanol–water partition coefficient (Wildman–Crippen LogP) is 3.89. The predicted molar refractivity (Wildman–Crippen MR) is 238 cm³/mol. The average molecular weight is 913 g/mol. The molecule has 0 radical (unpaired) electrons. The fourth-order valence-corrected chi connectivity index (χ4v) is 11.9. The van der Waals surface area contributed by atoms with Crippen LogP contribution in [0.5, 0.6) is 0 Å². The van der Waals surface area contributed by atoms with Crippen molar-refractivity contribution in [2.45, 2.75) is 106 Å². The Morgan fingerprint density at radius 2 is 1.82 bits per heavy atom. The number of amides is 2. The van der Waals surface area contributed by atoms with Crippen molar-refractivity contribution in [3.8, 4) is 0 Å². The van der Waals surface area contributed by atoms with E-state index in [-0.39, 0.29) is 59.1 Å². The molecule has 8 heterocycles. The number of aromatic nitrogens is 7. The van der Waals surface area contributed by atoms with Crippen molar-refractivity contribution in [3.63, 3.8) is 0 Å². The number of ether oxygens (including phenoxy) is 2. The van der Waals surface area contributed by atoms with Gasteiger partial charge in [0.25, 0.3) is 6.43 Å². The Morgan fingerprint density at radius 1 is 1.03 bits per heavy atom. The van der Waals surface area contributed by atoms with Gasteiger partial charge in [-0.05, 0) is 80.9 Å². The van der Waals surface area contributed by atoms with Crippen LogP contribution in [-0.2, 0) is 26.1 Å². The van der Waals surface area contributed by atoms with Crippen LogP contribution < -0.4 is 21.2 Å². The minimum atomic E-state index is -2.82. The molecule has 5 aromatic rings. The number of carbonyl (C=O) groups excluding carboxylic acids is 2. The number of para-hydroxylation sites is 1. The molecule has 2 amide bonds. The molecular weight excluding hydrogens is 855 g/mol. The van der Waals surface area contributed by atoms with Crippen molar-refractivity contribution >= 4 is 40.0 Å². The fraction of sp³-hybridized carbons (Fsp3) is 0.609. The molecule has 2 bridgehead atoms. The topological polar surface area (TPSA) is 182 Å². The molecule has 4 unspecified atom stereocenters. The number of anilines is 2. The van der Waals surface area contributed by atoms with E-state index in [1.54, 1.807) is 44.9 Å². The van der Waals surface area contributed by atoms with Gasteiger partial charge in [0, 0.05) is 78.8 Å². The molecule has 4 aromatic heterocycles. The molecule has 3 N–H and O–H groups in total. The summed E-state index contributed by atoms with van der Waals surface area (Å²) < 4.78 is 47.2. The van der Waals surface area contributed by atoms with E-state index in [1.807, 2.05) is 18.2 Å². The van der Waals surface area contributed by atoms with Crippen molar-refractivity contribution < 1.29 is 33.0 Å². The molecule has 20 heteroatoms. The average Bonchev–Trinajstić information content (AvgIpc) is 4.16. The summed E-state index contributed by atoms with van der Waals surface area (Å²) in [6, 6.07) is 7.34. The molecule has 4 atom stereocenters. The fourth-order valence-electron chi connectivity index (χ4n) is 11.9. The molecule has 6 aliphatic rings. The Kier molecular flexibility index (Phi) is 11.2. The number of piperidine rings is 1. The first-order valence-electron chi connectivity index (χ1n) is 23.5. The number of hydrogen-bond donors (Lipinski definition) is 3. The molecule has 11 rings (SSSR count). The summed E-state index contributed by atoms with van der Waals surface area (Å²) in [6.45, 7) is 7.06. The van der Waals surface area contributed by atoms with E-state index in [0.29, 0.717) is 35.7 Å². The first-order chi connectivity index (χ1) is 31.9. The van der Waals surface area contributed by atoms with E-state index in [2.05, 4.69) is 41.6 Å². The molecule has 18 nitrogen and oxygen atoms in total. The number of morpholine rings is 1. The van der Waals surface area contributed by atoms with Gasteiger partial charge in [-0.15, -0.1) is 0 Å². The van der Waals surface area contributed by atoms with Gasteiger partial charge in [0.15, 0.2) is 17.6 Å². The SMILES string of the molecule is COC1(CN2CCN(CC3CCC(n4cc(NC(O)c5cnn6ccc(N7CC8CC7CO8)nc56)c(C(F)F)n4)CC3)CC2)CC(c2cccc3c2n(C)c(=O)n3C2CCC(=O)NC2=O)C1. The monoisotopic (exact) mass is 912 g/mol. The second-order valence-electron chi connectivity index (χ2n) is 19.5. The normalized spacial score (nSPS) is 29.0. The van der Waals surface area contributed by atoms with Crippen LogP contribution in [0.25, 0.3) is 16.7 Å². The lowest BCUT2D eigenvalue weighted by Gasteiger charge is -2.50. The number of hydrogen-bond acceptors (Lipinski definition) is 13. The maximum Gasteiger partial charge on any atom is 0.329 e. The second kappa shape index (κ2) is 17.1. The molecule has 1 aromatic carbocycles. The van der Waals surface area contributed by atoms with Crippen molar-refractivity contribution in [2.24, 2.45) is 13.0 Å². The van der Waals surface area contributed by atoms with Gasteiger partial charge in [0.2, 0.25) is 11.8 Å². The number of methoxy groups -OCH3 is 1. The zero-order valence-electron chi connectivity index (χ0n) is 37.4. The van der Waals surface area contributed by atoms with E-state index in [1.165, 1.54) is 6.20 Å². The summed E-state index contributed by atoms with van der Waals surface area (Å²) in [5.74, 6) is 0.738. The van der Waals surface area contributed by atoms with Gasteiger partial charge in [0.1, 0.15) is 11.9 Å². The highest BCUT2D eigenvalue weighted by molar-refractivity contribution is 6.00. The van der Waals surface area contributed by atoms with Crippen LogP contribution in [0.1, 0.15) is 105 Å². The van der Waals surface area contributed by atoms with Gasteiger partial charge in [-0.1, -0.05) is 12.1 Å². The number of nitrogens with one attached hydrogen (secondary N) is 2. The van der Waals surface area contributed by atoms with Gasteiger partial charge in [-0.2, -0.15) is 10.2 Å². The molecule has 2 aliphatic carbocycles. The van der Waals surface area contributed by atoms with Gasteiger partial charge < -0.3 is 29.7 Å². The molecule has 66 heavy (non-hydrogen) atoms. The number of benzene rings is 1. The highest BCUT2D eigenvalue weighted by Gasteiger charge is 2.48. The van der Waals surface area contributed by atoms with Crippen LogP contribution >= 0.6 is 0 Å². The molecule has 6 fully saturated rings. The molecule has 4 saturated heterocycles. The summed E-state index contributed by atoms with van der Waals surface area (Å²) in [5, 5.41) is 25.3. The molecule has 0 spiro atoms. The number of carbonyl (C=O) groups is 2. The summed E-state index contributed by atoms with van der Waals surface area (Å²) in [6.07, 6.45) is 7.72. The Morgan fingerprint density at radius 3 is 2.53 bits per heavy atom. The number of fused-ring (bicyclic) bond motifs is 4. The van der Waals surface area contributed by atoms with Crippen molar-refractivity contribution in [1.29, 1.82) is 0 Å². The van der Waals surface area contributed by atoms with Crippen LogP contribution in [-0.4, -0.2) is 138 Å². The highest BCUT2D eigenvalue weighted by atomic mass is 19.3. The zero-order chi connectivity index (χ0) is 45.4. The van der Waals surface area contributed by atoms with Crippen molar-refractivity contribution in [3.05, 3.63) is 70.2 Å². The van der Waals surface area contributed by atoms with E-state index in [4.69, 9.17) is 14.5 Å². The number of aryl methyl sites for hydroxylation is 1. The summed E-state index contributed by atoms with van der Waals surface area (Å²) in [7, 11) is 3.55. The minimum absolute atomic E-state index is 0.0112. The Labute approximate surface area is 379 Å². The van der Waals surface area contributed by atoms with E-state index in [9.17, 15) is 28.3 Å². The largest absolute Gasteiger partial charge is 0.377 e. The number of aliphatic hydroxyl groups is 1. The van der Waals surface area contributed by atoms with Crippen LogP contribution in [0.4, 0.5) is 20.3 Å². The van der Waals surface area contributed by atoms with E-state index >= 15 is 0 Å². The number of piperazine rings is 1. The maximum atomic E-state index is 14.4. The zero-order valence-corrected chi connectivity index (χ0v) is 37.4. The summed E-state index contributed by atoms with van der Waals surface area (Å²) in [4.78, 5) is 50.2. The quantitative estimate of drug-likeness (QED) is 0.115. The lowest BCUT2D eigenvalue weighted by atomic mass is 9.67. The summed E-state index contributed by atoms with van der Waals surface area (Å²) in [5.41, 5.74) is 2.63.